The molecule has 1 aromatic rings. The molecule has 8 nitrogen and oxygen atoms in total. The molecule has 0 fully saturated rings. The van der Waals surface area contributed by atoms with Crippen molar-refractivity contribution in [3.8, 4) is 40.5 Å². The van der Waals surface area contributed by atoms with Crippen molar-refractivity contribution in [1.82, 2.24) is 24.8 Å². The Morgan fingerprint density at radius 1 is 1.15 bits per heavy atom. The number of benzene rings is 1. The summed E-state index contributed by atoms with van der Waals surface area (Å²) in [6.45, 7) is 6.95. The Balaban J connectivity index is 1.93. The number of H-pyrrole nitrogens is 1. The van der Waals surface area contributed by atoms with Crippen molar-refractivity contribution < 1.29 is 4.74 Å². The zero-order valence-corrected chi connectivity index (χ0v) is 15.7. The fourth-order valence-electron chi connectivity index (χ4n) is 2.72. The Hall–Kier alpha value is -3.31. The van der Waals surface area contributed by atoms with E-state index in [4.69, 9.17) is 16.2 Å². The van der Waals surface area contributed by atoms with Gasteiger partial charge < -0.3 is 21.2 Å². The molecule has 27 heavy (non-hydrogen) atoms. The van der Waals surface area contributed by atoms with E-state index in [9.17, 15) is 0 Å². The lowest BCUT2D eigenvalue weighted by atomic mass is 10.1. The van der Waals surface area contributed by atoms with E-state index in [0.29, 0.717) is 23.1 Å². The van der Waals surface area contributed by atoms with E-state index in [1.165, 1.54) is 0 Å². The summed E-state index contributed by atoms with van der Waals surface area (Å²) < 4.78 is 5.52. The van der Waals surface area contributed by atoms with Crippen LogP contribution in [0, 0.1) is 11.8 Å². The highest BCUT2D eigenvalue weighted by molar-refractivity contribution is 5.75. The van der Waals surface area contributed by atoms with Crippen LogP contribution in [0.1, 0.15) is 19.4 Å². The first-order valence-corrected chi connectivity index (χ1v) is 8.74. The fourth-order valence-corrected chi connectivity index (χ4v) is 2.72. The van der Waals surface area contributed by atoms with Gasteiger partial charge in [0.25, 0.3) is 0 Å². The molecule has 140 valence electrons. The van der Waals surface area contributed by atoms with Gasteiger partial charge in [0.2, 0.25) is 5.95 Å². The zero-order chi connectivity index (χ0) is 19.4. The molecule has 0 aromatic heterocycles. The quantitative estimate of drug-likeness (QED) is 0.590. The van der Waals surface area contributed by atoms with Crippen LogP contribution in [-0.2, 0) is 0 Å². The van der Waals surface area contributed by atoms with Crippen LogP contribution in [0.3, 0.4) is 0 Å². The van der Waals surface area contributed by atoms with E-state index in [0.717, 1.165) is 30.8 Å². The van der Waals surface area contributed by atoms with Crippen molar-refractivity contribution in [2.45, 2.75) is 13.8 Å². The molecule has 0 saturated heterocycles. The molecule has 0 bridgehead atoms. The van der Waals surface area contributed by atoms with Crippen LogP contribution in [-0.4, -0.2) is 51.6 Å². The Morgan fingerprint density at radius 2 is 1.93 bits per heavy atom. The third-order valence-electron chi connectivity index (χ3n) is 4.26. The van der Waals surface area contributed by atoms with Gasteiger partial charge >= 0.3 is 0 Å². The van der Waals surface area contributed by atoms with Gasteiger partial charge in [-0.05, 0) is 31.3 Å². The predicted octanol–water partition coefficient (Wildman–Crippen LogP) is 1.84. The van der Waals surface area contributed by atoms with Crippen molar-refractivity contribution in [3.05, 3.63) is 23.8 Å². The summed E-state index contributed by atoms with van der Waals surface area (Å²) in [7, 11) is 1.61. The maximum Gasteiger partial charge on any atom is 0.201 e. The third-order valence-corrected chi connectivity index (χ3v) is 4.26. The monoisotopic (exact) mass is 365 g/mol. The van der Waals surface area contributed by atoms with Crippen LogP contribution in [0.4, 0.5) is 11.8 Å². The van der Waals surface area contributed by atoms with Gasteiger partial charge in [-0.1, -0.05) is 25.7 Å². The number of nitrogens with one attached hydrogen (secondary N) is 1. The smallest absolute Gasteiger partial charge is 0.201 e. The average Bonchev–Trinajstić information content (AvgIpc) is 3.09. The largest absolute Gasteiger partial charge is 0.496 e. The van der Waals surface area contributed by atoms with Crippen LogP contribution in [0.15, 0.2) is 18.2 Å². The van der Waals surface area contributed by atoms with E-state index in [1.807, 2.05) is 18.2 Å². The molecule has 2 aliphatic rings. The summed E-state index contributed by atoms with van der Waals surface area (Å²) in [4.78, 5) is 18.0. The lowest BCUT2D eigenvalue weighted by Gasteiger charge is -2.13. The number of aromatic amines is 1. The number of hydrogen-bond donors (Lipinski definition) is 3. The number of hydrogen-bond acceptors (Lipinski definition) is 7. The van der Waals surface area contributed by atoms with Gasteiger partial charge in [0.15, 0.2) is 23.2 Å². The van der Waals surface area contributed by atoms with Gasteiger partial charge in [0.05, 0.1) is 19.2 Å². The van der Waals surface area contributed by atoms with E-state index < -0.39 is 0 Å². The second kappa shape index (κ2) is 7.93. The Labute approximate surface area is 158 Å². The molecule has 5 N–H and O–H groups in total. The maximum atomic E-state index is 5.88. The normalized spacial score (nSPS) is 10.8. The SMILES string of the molecule is CCN(CC)CC#Cc1ccc(-c2nc3[nH]c(N)nc(N)c-3n2)c(OC)c1. The first-order chi connectivity index (χ1) is 13.0. The molecule has 2 heterocycles. The van der Waals surface area contributed by atoms with Crippen LogP contribution < -0.4 is 16.2 Å². The van der Waals surface area contributed by atoms with E-state index in [-0.39, 0.29) is 11.8 Å². The Kier molecular flexibility index (Phi) is 5.43. The number of fused-ring (bicyclic) bond motifs is 1. The predicted molar refractivity (Wildman–Crippen MR) is 106 cm³/mol. The minimum Gasteiger partial charge on any atom is -0.496 e. The van der Waals surface area contributed by atoms with Crippen LogP contribution in [0.5, 0.6) is 5.75 Å². The topological polar surface area (TPSA) is 119 Å². The molecule has 0 radical (unpaired) electrons. The number of nitrogens with zero attached hydrogens (tertiary/aromatic N) is 4. The number of rotatable bonds is 5. The standard InChI is InChI=1S/C19H23N7O/c1-4-26(5-2)10-6-7-12-8-9-13(14(11-12)27-3)17-22-15-16(20)23-19(21)25-18(15)24-17/h8-9,11H,4-5,10H2,1-3H3,(H5,20,21,22,23,24,25). The highest BCUT2D eigenvalue weighted by atomic mass is 16.5. The highest BCUT2D eigenvalue weighted by Gasteiger charge is 2.19. The van der Waals surface area contributed by atoms with Crippen LogP contribution >= 0.6 is 0 Å². The number of nitrogen functional groups attached to an aromatic ring is 2. The second-order valence-electron chi connectivity index (χ2n) is 5.93. The van der Waals surface area contributed by atoms with E-state index in [2.05, 4.69) is 50.5 Å². The summed E-state index contributed by atoms with van der Waals surface area (Å²) in [5.41, 5.74) is 13.6. The van der Waals surface area contributed by atoms with Crippen molar-refractivity contribution in [3.63, 3.8) is 0 Å². The number of anilines is 2. The number of ether oxygens (including phenoxy) is 1. The molecule has 0 amide bonds. The third kappa shape index (κ3) is 3.93. The van der Waals surface area contributed by atoms with Gasteiger partial charge in [-0.3, -0.25) is 4.90 Å². The van der Waals surface area contributed by atoms with E-state index in [1.54, 1.807) is 7.11 Å². The first-order valence-electron chi connectivity index (χ1n) is 8.74. The fraction of sp³-hybridized carbons (Fsp3) is 0.316. The number of methoxy groups -OCH3 is 1. The molecule has 0 atom stereocenters. The van der Waals surface area contributed by atoms with Crippen molar-refractivity contribution in [2.24, 2.45) is 0 Å². The lowest BCUT2D eigenvalue weighted by molar-refractivity contribution is 0.342. The lowest BCUT2D eigenvalue weighted by Crippen LogP contribution is -2.22. The summed E-state index contributed by atoms with van der Waals surface area (Å²) >= 11 is 0. The van der Waals surface area contributed by atoms with Crippen molar-refractivity contribution >= 4 is 11.8 Å². The average molecular weight is 365 g/mol. The minimum absolute atomic E-state index is 0.192. The zero-order valence-electron chi connectivity index (χ0n) is 15.7. The molecule has 8 heteroatoms. The van der Waals surface area contributed by atoms with Gasteiger partial charge in [0, 0.05) is 5.56 Å². The van der Waals surface area contributed by atoms with Crippen molar-refractivity contribution in [2.75, 3.05) is 38.2 Å². The van der Waals surface area contributed by atoms with E-state index >= 15 is 0 Å². The summed E-state index contributed by atoms with van der Waals surface area (Å²) in [6.07, 6.45) is 0. The molecular formula is C19H23N7O. The molecule has 0 saturated carbocycles. The molecule has 0 spiro atoms. The number of aromatic nitrogens is 4. The molecule has 2 aliphatic heterocycles. The van der Waals surface area contributed by atoms with Crippen molar-refractivity contribution in [1.29, 1.82) is 0 Å². The number of imidazole rings is 1. The summed E-state index contributed by atoms with van der Waals surface area (Å²) in [5, 5.41) is 0. The maximum absolute atomic E-state index is 5.88. The van der Waals surface area contributed by atoms with Gasteiger partial charge in [-0.25, -0.2) is 9.97 Å². The minimum atomic E-state index is 0.192. The summed E-state index contributed by atoms with van der Waals surface area (Å²) in [6, 6.07) is 5.69. The van der Waals surface area contributed by atoms with Gasteiger partial charge in [-0.15, -0.1) is 0 Å². The molecule has 1 aromatic carbocycles. The number of nitrogens with two attached hydrogens (primary N) is 2. The molecule has 3 rings (SSSR count). The van der Waals surface area contributed by atoms with Gasteiger partial charge in [0.1, 0.15) is 5.75 Å². The van der Waals surface area contributed by atoms with Crippen LogP contribution in [0.2, 0.25) is 0 Å². The van der Waals surface area contributed by atoms with Crippen LogP contribution in [0.25, 0.3) is 22.9 Å². The molecule has 0 aliphatic carbocycles. The first kappa shape index (κ1) is 18.5. The summed E-state index contributed by atoms with van der Waals surface area (Å²) in [5.74, 6) is 8.41. The highest BCUT2D eigenvalue weighted by Crippen LogP contribution is 2.33. The van der Waals surface area contributed by atoms with Gasteiger partial charge in [-0.2, -0.15) is 4.98 Å². The Bertz CT molecular complexity index is 966. The second-order valence-corrected chi connectivity index (χ2v) is 5.93. The molecular weight excluding hydrogens is 342 g/mol. The Morgan fingerprint density at radius 3 is 2.63 bits per heavy atom. The molecule has 0 unspecified atom stereocenters.